The van der Waals surface area contributed by atoms with E-state index in [-0.39, 0.29) is 29.1 Å². The number of nitrogens with zero attached hydrogens (tertiary/aromatic N) is 2. The predicted octanol–water partition coefficient (Wildman–Crippen LogP) is 3.95. The van der Waals surface area contributed by atoms with Gasteiger partial charge in [0.2, 0.25) is 0 Å². The molecule has 4 rings (SSSR count). The Kier molecular flexibility index (Phi) is 7.53. The number of likely N-dealkylation sites (N-methyl/N-ethyl adjacent to an activating group) is 1. The number of halogens is 2. The third-order valence-electron chi connectivity index (χ3n) is 5.39. The Bertz CT molecular complexity index is 1300. The summed E-state index contributed by atoms with van der Waals surface area (Å²) in [5.41, 5.74) is 2.26. The summed E-state index contributed by atoms with van der Waals surface area (Å²) < 4.78 is 35.4. The lowest BCUT2D eigenvalue weighted by molar-refractivity contribution is -0.286. The van der Waals surface area contributed by atoms with Gasteiger partial charge in [-0.15, -0.1) is 8.78 Å². The fourth-order valence-corrected chi connectivity index (χ4v) is 3.86. The molecule has 1 aliphatic rings. The summed E-state index contributed by atoms with van der Waals surface area (Å²) in [5.74, 6) is -0.985. The van der Waals surface area contributed by atoms with E-state index >= 15 is 0 Å². The number of nitrogens with one attached hydrogen (secondary N) is 3. The summed E-state index contributed by atoms with van der Waals surface area (Å²) in [6, 6.07) is 14.3. The van der Waals surface area contributed by atoms with Crippen molar-refractivity contribution in [1.29, 1.82) is 0 Å². The highest BCUT2D eigenvalue weighted by Crippen LogP contribution is 2.42. The van der Waals surface area contributed by atoms with E-state index in [4.69, 9.17) is 0 Å². The van der Waals surface area contributed by atoms with E-state index in [2.05, 4.69) is 30.4 Å². The average molecular weight is 512 g/mol. The number of carbonyl (C=O) groups excluding carboxylic acids is 2. The fourth-order valence-electron chi connectivity index (χ4n) is 3.86. The van der Waals surface area contributed by atoms with Crippen molar-refractivity contribution in [1.82, 2.24) is 15.2 Å². The molecule has 0 aliphatic carbocycles. The number of alkyl halides is 2. The van der Waals surface area contributed by atoms with Crippen LogP contribution in [0.1, 0.15) is 33.3 Å². The number of ether oxygens (including phenoxy) is 2. The third kappa shape index (κ3) is 6.70. The molecule has 2 amide bonds. The number of aromatic nitrogens is 1. The second-order valence-electron chi connectivity index (χ2n) is 8.87. The Morgan fingerprint density at radius 1 is 1.03 bits per heavy atom. The third-order valence-corrected chi connectivity index (χ3v) is 5.39. The van der Waals surface area contributed by atoms with Gasteiger partial charge in [0.25, 0.3) is 11.8 Å². The van der Waals surface area contributed by atoms with Gasteiger partial charge in [0, 0.05) is 42.8 Å². The predicted molar refractivity (Wildman–Crippen MR) is 134 cm³/mol. The number of anilines is 2. The number of para-hydroxylation sites is 1. The average Bonchev–Trinajstić information content (AvgIpc) is 3.15. The van der Waals surface area contributed by atoms with Gasteiger partial charge in [-0.1, -0.05) is 12.1 Å². The van der Waals surface area contributed by atoms with Gasteiger partial charge in [0.1, 0.15) is 5.69 Å². The molecule has 37 heavy (non-hydrogen) atoms. The van der Waals surface area contributed by atoms with Gasteiger partial charge >= 0.3 is 6.29 Å². The molecule has 1 atom stereocenters. The van der Waals surface area contributed by atoms with Crippen LogP contribution in [0.3, 0.4) is 0 Å². The van der Waals surface area contributed by atoms with Crippen LogP contribution < -0.4 is 25.4 Å². The first kappa shape index (κ1) is 25.8. The molecule has 0 radical (unpaired) electrons. The van der Waals surface area contributed by atoms with Gasteiger partial charge in [-0.25, -0.2) is 0 Å². The molecule has 0 saturated heterocycles. The van der Waals surface area contributed by atoms with Crippen LogP contribution in [0.5, 0.6) is 11.5 Å². The Morgan fingerprint density at radius 3 is 2.57 bits per heavy atom. The van der Waals surface area contributed by atoms with Crippen LogP contribution in [-0.2, 0) is 6.54 Å². The molecule has 3 aromatic rings. The van der Waals surface area contributed by atoms with Crippen molar-refractivity contribution in [3.8, 4) is 11.5 Å². The molecule has 194 valence electrons. The van der Waals surface area contributed by atoms with Crippen LogP contribution in [0, 0.1) is 0 Å². The van der Waals surface area contributed by atoms with E-state index < -0.39 is 12.2 Å². The molecule has 0 fully saturated rings. The molecule has 1 unspecified atom stereocenters. The molecule has 2 aromatic carbocycles. The van der Waals surface area contributed by atoms with Crippen LogP contribution in [0.15, 0.2) is 60.8 Å². The molecule has 1 aromatic heterocycles. The topological polar surface area (TPSA) is 105 Å². The summed E-state index contributed by atoms with van der Waals surface area (Å²) in [6.07, 6.45) is -2.18. The van der Waals surface area contributed by atoms with Crippen molar-refractivity contribution in [3.63, 3.8) is 0 Å². The normalized spacial score (nSPS) is 14.2. The minimum Gasteiger partial charge on any atom is -0.395 e. The quantitative estimate of drug-likeness (QED) is 0.400. The van der Waals surface area contributed by atoms with E-state index in [9.17, 15) is 18.4 Å². The van der Waals surface area contributed by atoms with Gasteiger partial charge in [0.05, 0.1) is 5.56 Å². The van der Waals surface area contributed by atoms with Gasteiger partial charge in [-0.05, 0) is 63.0 Å². The first-order chi connectivity index (χ1) is 17.6. The number of pyridine rings is 1. The zero-order chi connectivity index (χ0) is 26.6. The van der Waals surface area contributed by atoms with Crippen molar-refractivity contribution in [2.24, 2.45) is 0 Å². The minimum absolute atomic E-state index is 0.0438. The van der Waals surface area contributed by atoms with Crippen LogP contribution in [-0.4, -0.2) is 54.7 Å². The Balaban J connectivity index is 1.41. The number of hydrogen-bond donors (Lipinski definition) is 3. The van der Waals surface area contributed by atoms with Crippen molar-refractivity contribution in [2.45, 2.75) is 25.8 Å². The van der Waals surface area contributed by atoms with Gasteiger partial charge in [-0.3, -0.25) is 14.6 Å². The van der Waals surface area contributed by atoms with Crippen molar-refractivity contribution < 1.29 is 27.8 Å². The smallest absolute Gasteiger partial charge is 0.395 e. The Labute approximate surface area is 212 Å². The van der Waals surface area contributed by atoms with Gasteiger partial charge in [0.15, 0.2) is 11.5 Å². The first-order valence-corrected chi connectivity index (χ1v) is 11.5. The standard InChI is InChI=1S/C26H27F2N5O4/c1-16(15-33(2)3)31-25(35)21-12-17(10-11-29-21)14-30-20-7-5-4-6-19(20)24(34)32-18-8-9-22-23(13-18)37-26(27,28)36-22/h4-13,16,30H,14-15H2,1-3H3,(H,31,35)(H,32,34). The Morgan fingerprint density at radius 2 is 1.78 bits per heavy atom. The van der Waals surface area contributed by atoms with E-state index in [1.807, 2.05) is 25.9 Å². The molecular formula is C26H27F2N5O4. The fraction of sp³-hybridized carbons (Fsp3) is 0.269. The number of carbonyl (C=O) groups is 2. The van der Waals surface area contributed by atoms with Crippen LogP contribution in [0.4, 0.5) is 20.2 Å². The second-order valence-corrected chi connectivity index (χ2v) is 8.87. The largest absolute Gasteiger partial charge is 0.586 e. The maximum Gasteiger partial charge on any atom is 0.586 e. The summed E-state index contributed by atoms with van der Waals surface area (Å²) in [4.78, 5) is 31.7. The van der Waals surface area contributed by atoms with Gasteiger partial charge in [-0.2, -0.15) is 0 Å². The van der Waals surface area contributed by atoms with E-state index in [1.54, 1.807) is 42.6 Å². The molecule has 3 N–H and O–H groups in total. The monoisotopic (exact) mass is 511 g/mol. The highest BCUT2D eigenvalue weighted by molar-refractivity contribution is 6.08. The number of benzene rings is 2. The number of amides is 2. The maximum absolute atomic E-state index is 13.3. The summed E-state index contributed by atoms with van der Waals surface area (Å²) in [7, 11) is 3.86. The van der Waals surface area contributed by atoms with E-state index in [0.29, 0.717) is 30.0 Å². The molecule has 0 spiro atoms. The molecular weight excluding hydrogens is 484 g/mol. The molecule has 1 aliphatic heterocycles. The summed E-state index contributed by atoms with van der Waals surface area (Å²) in [6.45, 7) is 2.95. The van der Waals surface area contributed by atoms with E-state index in [1.165, 1.54) is 18.2 Å². The number of rotatable bonds is 9. The first-order valence-electron chi connectivity index (χ1n) is 11.5. The molecule has 9 nitrogen and oxygen atoms in total. The molecule has 0 saturated carbocycles. The van der Waals surface area contributed by atoms with E-state index in [0.717, 1.165) is 5.56 Å². The lowest BCUT2D eigenvalue weighted by Gasteiger charge is -2.18. The van der Waals surface area contributed by atoms with Crippen molar-refractivity contribution >= 4 is 23.2 Å². The highest BCUT2D eigenvalue weighted by atomic mass is 19.3. The van der Waals surface area contributed by atoms with Crippen LogP contribution in [0.2, 0.25) is 0 Å². The minimum atomic E-state index is -3.74. The van der Waals surface area contributed by atoms with Crippen LogP contribution in [0.25, 0.3) is 0 Å². The molecule has 2 heterocycles. The molecule has 11 heteroatoms. The van der Waals surface area contributed by atoms with Gasteiger partial charge < -0.3 is 30.3 Å². The highest BCUT2D eigenvalue weighted by Gasteiger charge is 2.43. The summed E-state index contributed by atoms with van der Waals surface area (Å²) in [5, 5.41) is 8.82. The lowest BCUT2D eigenvalue weighted by Crippen LogP contribution is -2.39. The Hall–Kier alpha value is -4.25. The van der Waals surface area contributed by atoms with Crippen molar-refractivity contribution in [3.05, 3.63) is 77.6 Å². The zero-order valence-corrected chi connectivity index (χ0v) is 20.5. The SMILES string of the molecule is CC(CN(C)C)NC(=O)c1cc(CNc2ccccc2C(=O)Nc2ccc3c(c2)OC(F)(F)O3)ccn1. The second kappa shape index (κ2) is 10.8. The summed E-state index contributed by atoms with van der Waals surface area (Å²) >= 11 is 0. The maximum atomic E-state index is 13.3. The number of fused-ring (bicyclic) bond motifs is 1. The lowest BCUT2D eigenvalue weighted by atomic mass is 10.1. The van der Waals surface area contributed by atoms with Crippen LogP contribution >= 0.6 is 0 Å². The number of hydrogen-bond acceptors (Lipinski definition) is 7. The molecule has 0 bridgehead atoms. The van der Waals surface area contributed by atoms with Crippen molar-refractivity contribution in [2.75, 3.05) is 31.3 Å². The zero-order valence-electron chi connectivity index (χ0n) is 20.5.